The zero-order chi connectivity index (χ0) is 32.6. The van der Waals surface area contributed by atoms with Crippen molar-refractivity contribution in [3.8, 4) is 5.75 Å². The van der Waals surface area contributed by atoms with Crippen LogP contribution in [-0.4, -0.2) is 54.1 Å². The molecular formula is C32H47ClN5O5P. The van der Waals surface area contributed by atoms with Gasteiger partial charge in [-0.3, -0.25) is 10.1 Å². The van der Waals surface area contributed by atoms with Crippen LogP contribution in [0.25, 0.3) is 5.57 Å². The van der Waals surface area contributed by atoms with Gasteiger partial charge < -0.3 is 18.7 Å². The molecule has 0 saturated carbocycles. The Bertz CT molecular complexity index is 1340. The molecule has 1 atom stereocenters. The van der Waals surface area contributed by atoms with E-state index in [-0.39, 0.29) is 16.2 Å². The van der Waals surface area contributed by atoms with Crippen molar-refractivity contribution in [2.75, 3.05) is 31.8 Å². The number of halogens is 1. The fourth-order valence-electron chi connectivity index (χ4n) is 5.37. The molecule has 0 spiro atoms. The van der Waals surface area contributed by atoms with E-state index >= 15 is 0 Å². The first-order chi connectivity index (χ1) is 20.8. The molecule has 44 heavy (non-hydrogen) atoms. The number of benzene rings is 2. The van der Waals surface area contributed by atoms with Gasteiger partial charge in [0.15, 0.2) is 0 Å². The van der Waals surface area contributed by atoms with E-state index in [0.717, 1.165) is 42.6 Å². The topological polar surface area (TPSA) is 102 Å². The number of rotatable bonds is 16. The van der Waals surface area contributed by atoms with Crippen LogP contribution in [0.1, 0.15) is 80.2 Å². The van der Waals surface area contributed by atoms with Crippen LogP contribution in [0, 0.1) is 10.1 Å². The van der Waals surface area contributed by atoms with Crippen molar-refractivity contribution in [2.24, 2.45) is 10.2 Å². The highest BCUT2D eigenvalue weighted by molar-refractivity contribution is 7.44. The van der Waals surface area contributed by atoms with E-state index in [1.165, 1.54) is 18.2 Å². The molecule has 0 radical (unpaired) electrons. The third-order valence-electron chi connectivity index (χ3n) is 7.32. The molecule has 1 unspecified atom stereocenters. The summed E-state index contributed by atoms with van der Waals surface area (Å²) in [4.78, 5) is 13.0. The zero-order valence-corrected chi connectivity index (χ0v) is 29.1. The lowest BCUT2D eigenvalue weighted by Crippen LogP contribution is -2.45. The number of fused-ring (bicyclic) bond motifs is 1. The minimum absolute atomic E-state index is 0.103. The minimum Gasteiger partial charge on any atom is -0.494 e. The van der Waals surface area contributed by atoms with Crippen molar-refractivity contribution in [3.05, 3.63) is 57.1 Å². The molecule has 2 aromatic carbocycles. The normalized spacial score (nSPS) is 15.3. The highest BCUT2D eigenvalue weighted by atomic mass is 35.5. The summed E-state index contributed by atoms with van der Waals surface area (Å²) in [5.74, 6) is 0.575. The summed E-state index contributed by atoms with van der Waals surface area (Å²) in [6.45, 7) is 19.5. The monoisotopic (exact) mass is 647 g/mol. The van der Waals surface area contributed by atoms with Gasteiger partial charge in [-0.05, 0) is 85.4 Å². The van der Waals surface area contributed by atoms with Crippen LogP contribution in [0.4, 0.5) is 22.7 Å². The van der Waals surface area contributed by atoms with Gasteiger partial charge >= 0.3 is 0 Å². The van der Waals surface area contributed by atoms with Crippen molar-refractivity contribution < 1.29 is 18.7 Å². The van der Waals surface area contributed by atoms with Gasteiger partial charge in [0.05, 0.1) is 35.8 Å². The van der Waals surface area contributed by atoms with Crippen molar-refractivity contribution in [3.63, 3.8) is 0 Å². The number of ether oxygens (including phenoxy) is 1. The quantitative estimate of drug-likeness (QED) is 0.0587. The first-order valence-electron chi connectivity index (χ1n) is 15.2. The van der Waals surface area contributed by atoms with Crippen LogP contribution in [0.15, 0.2) is 46.6 Å². The highest BCUT2D eigenvalue weighted by Gasteiger charge is 2.32. The lowest BCUT2D eigenvalue weighted by molar-refractivity contribution is -0.384. The Morgan fingerprint density at radius 3 is 2.30 bits per heavy atom. The molecule has 1 aliphatic heterocycles. The Balaban J connectivity index is 1.77. The molecule has 10 nitrogen and oxygen atoms in total. The maximum absolute atomic E-state index is 11.1. The largest absolute Gasteiger partial charge is 0.494 e. The van der Waals surface area contributed by atoms with Gasteiger partial charge in [0.25, 0.3) is 14.2 Å². The molecule has 0 saturated heterocycles. The van der Waals surface area contributed by atoms with Crippen molar-refractivity contribution in [2.45, 2.75) is 92.3 Å². The predicted octanol–water partition coefficient (Wildman–Crippen LogP) is 10.2. The maximum Gasteiger partial charge on any atom is 0.271 e. The first-order valence-corrected chi connectivity index (χ1v) is 16.7. The third-order valence-corrected chi connectivity index (χ3v) is 9.73. The first kappa shape index (κ1) is 35.9. The number of anilines is 1. The number of hydrogen-bond acceptors (Lipinski definition) is 9. The van der Waals surface area contributed by atoms with E-state index in [0.29, 0.717) is 42.4 Å². The molecule has 0 bridgehead atoms. The van der Waals surface area contributed by atoms with Crippen LogP contribution >= 0.6 is 20.1 Å². The van der Waals surface area contributed by atoms with E-state index in [4.69, 9.17) is 25.4 Å². The van der Waals surface area contributed by atoms with E-state index in [2.05, 4.69) is 81.3 Å². The summed E-state index contributed by atoms with van der Waals surface area (Å²) in [6, 6.07) is 8.76. The fourth-order valence-corrected chi connectivity index (χ4v) is 7.30. The number of unbranched alkanes of at least 4 members (excludes halogenated alkanes) is 1. The van der Waals surface area contributed by atoms with E-state index < -0.39 is 13.4 Å². The number of azo groups is 1. The Morgan fingerprint density at radius 2 is 1.70 bits per heavy atom. The maximum atomic E-state index is 11.1. The van der Waals surface area contributed by atoms with Gasteiger partial charge in [0.1, 0.15) is 17.1 Å². The van der Waals surface area contributed by atoms with Gasteiger partial charge in [-0.1, -0.05) is 24.6 Å². The lowest BCUT2D eigenvalue weighted by atomic mass is 9.88. The Morgan fingerprint density at radius 1 is 1.05 bits per heavy atom. The summed E-state index contributed by atoms with van der Waals surface area (Å²) >= 11 is 6.23. The number of methoxy groups -OCH3 is 1. The number of hydrogen-bond donors (Lipinski definition) is 0. The molecule has 12 heteroatoms. The molecule has 2 aromatic rings. The molecular weight excluding hydrogens is 601 g/mol. The standard InChI is InChI=1S/C32H47ClN5O5P/c1-10-16-42-44(37(22(2)3)23(4)5)43-17-12-11-15-36-30-20-31(41-9)29(19-26(30)24(6)21-32(36,7)8)35-34-28-14-13-25(38(39)40)18-27(28)33/h13-14,18-23H,10-12,15-17H2,1-9H3. The molecule has 0 fully saturated rings. The number of nitro benzene ring substituents is 1. The molecule has 1 aliphatic rings. The van der Waals surface area contributed by atoms with Crippen molar-refractivity contribution in [1.82, 2.24) is 4.67 Å². The van der Waals surface area contributed by atoms with Gasteiger partial charge in [-0.15, -0.1) is 10.2 Å². The molecule has 242 valence electrons. The predicted molar refractivity (Wildman–Crippen MR) is 181 cm³/mol. The summed E-state index contributed by atoms with van der Waals surface area (Å²) < 4.78 is 20.6. The Hall–Kier alpha value is -2.62. The minimum atomic E-state index is -1.11. The van der Waals surface area contributed by atoms with E-state index in [9.17, 15) is 10.1 Å². The fraction of sp³-hybridized carbons (Fsp3) is 0.562. The Kier molecular flexibility index (Phi) is 13.1. The number of non-ortho nitro benzene ring substituents is 1. The van der Waals surface area contributed by atoms with Crippen molar-refractivity contribution in [1.29, 1.82) is 0 Å². The molecule has 1 heterocycles. The van der Waals surface area contributed by atoms with Crippen LogP contribution in [0.2, 0.25) is 5.02 Å². The van der Waals surface area contributed by atoms with Crippen LogP contribution in [0.3, 0.4) is 0 Å². The highest BCUT2D eigenvalue weighted by Crippen LogP contribution is 2.47. The number of nitrogens with zero attached hydrogens (tertiary/aromatic N) is 5. The molecule has 0 N–H and O–H groups in total. The Labute approximate surface area is 268 Å². The smallest absolute Gasteiger partial charge is 0.271 e. The summed E-state index contributed by atoms with van der Waals surface area (Å²) in [7, 11) is 0.497. The number of allylic oxidation sites excluding steroid dienone is 1. The van der Waals surface area contributed by atoms with Crippen LogP contribution < -0.4 is 9.64 Å². The van der Waals surface area contributed by atoms with E-state index in [1.54, 1.807) is 7.11 Å². The van der Waals surface area contributed by atoms with Crippen LogP contribution in [0.5, 0.6) is 5.75 Å². The second-order valence-electron chi connectivity index (χ2n) is 11.9. The van der Waals surface area contributed by atoms with Crippen molar-refractivity contribution >= 4 is 48.4 Å². The lowest BCUT2D eigenvalue weighted by Gasteiger charge is -2.43. The van der Waals surface area contributed by atoms with Crippen LogP contribution in [-0.2, 0) is 9.05 Å². The van der Waals surface area contributed by atoms with Gasteiger partial charge in [-0.25, -0.2) is 4.67 Å². The third kappa shape index (κ3) is 8.98. The SMILES string of the molecule is CCCOP(OCCCCN1c2cc(OC)c(N=Nc3ccc([N+](=O)[O-])cc3Cl)cc2C(C)=CC1(C)C)N(C(C)C)C(C)C. The molecule has 0 aromatic heterocycles. The van der Waals surface area contributed by atoms with E-state index in [1.807, 2.05) is 12.1 Å². The van der Waals surface area contributed by atoms with Gasteiger partial charge in [0, 0.05) is 48.1 Å². The van der Waals surface area contributed by atoms with Gasteiger partial charge in [-0.2, -0.15) is 0 Å². The average Bonchev–Trinajstić information content (AvgIpc) is 2.95. The summed E-state index contributed by atoms with van der Waals surface area (Å²) in [6.07, 6.45) is 5.08. The second-order valence-corrected chi connectivity index (χ2v) is 13.8. The zero-order valence-electron chi connectivity index (χ0n) is 27.5. The molecule has 3 rings (SSSR count). The summed E-state index contributed by atoms with van der Waals surface area (Å²) in [5.41, 5.74) is 3.82. The summed E-state index contributed by atoms with van der Waals surface area (Å²) in [5, 5.41) is 19.9. The second kappa shape index (κ2) is 16.1. The molecule has 0 amide bonds. The average molecular weight is 648 g/mol. The molecule has 0 aliphatic carbocycles. The van der Waals surface area contributed by atoms with Gasteiger partial charge in [0.2, 0.25) is 0 Å². The number of nitro groups is 1.